The number of hydrogen-bond acceptors (Lipinski definition) is 4. The van der Waals surface area contributed by atoms with Gasteiger partial charge in [0.15, 0.2) is 0 Å². The molecular formula is C15H19N3O. The lowest BCUT2D eigenvalue weighted by Crippen LogP contribution is -2.21. The van der Waals surface area contributed by atoms with Crippen LogP contribution in [0.4, 0.5) is 0 Å². The van der Waals surface area contributed by atoms with Crippen molar-refractivity contribution >= 4 is 0 Å². The number of para-hydroxylation sites is 1. The third-order valence-electron chi connectivity index (χ3n) is 3.08. The van der Waals surface area contributed by atoms with E-state index in [1.807, 2.05) is 31.2 Å². The largest absolute Gasteiger partial charge is 0.508 e. The van der Waals surface area contributed by atoms with Crippen molar-refractivity contribution in [2.24, 2.45) is 0 Å². The average Bonchev–Trinajstić information content (AvgIpc) is 2.41. The molecule has 0 aliphatic carbocycles. The Hall–Kier alpha value is -1.94. The Labute approximate surface area is 113 Å². The molecule has 0 amide bonds. The first kappa shape index (κ1) is 13.5. The van der Waals surface area contributed by atoms with Crippen LogP contribution >= 0.6 is 0 Å². The Bertz CT molecular complexity index is 542. The predicted octanol–water partition coefficient (Wildman–Crippen LogP) is 2.73. The van der Waals surface area contributed by atoms with Crippen molar-refractivity contribution in [3.8, 4) is 5.75 Å². The molecule has 100 valence electrons. The van der Waals surface area contributed by atoms with Gasteiger partial charge in [-0.15, -0.1) is 0 Å². The van der Waals surface area contributed by atoms with Crippen LogP contribution in [0.5, 0.6) is 5.75 Å². The van der Waals surface area contributed by atoms with E-state index < -0.39 is 0 Å². The van der Waals surface area contributed by atoms with E-state index in [-0.39, 0.29) is 6.04 Å². The van der Waals surface area contributed by atoms with E-state index in [2.05, 4.69) is 22.2 Å². The molecule has 0 saturated heterocycles. The van der Waals surface area contributed by atoms with E-state index in [1.165, 1.54) is 0 Å². The summed E-state index contributed by atoms with van der Waals surface area (Å²) in [5.74, 6) is 1.11. The van der Waals surface area contributed by atoms with E-state index in [0.29, 0.717) is 12.3 Å². The summed E-state index contributed by atoms with van der Waals surface area (Å²) in [5, 5.41) is 13.3. The third-order valence-corrected chi connectivity index (χ3v) is 3.08. The lowest BCUT2D eigenvalue weighted by atomic mass is 10.0. The van der Waals surface area contributed by atoms with Gasteiger partial charge in [0.2, 0.25) is 0 Å². The number of benzene rings is 1. The summed E-state index contributed by atoms with van der Waals surface area (Å²) in [6.07, 6.45) is 2.67. The zero-order valence-corrected chi connectivity index (χ0v) is 11.3. The molecule has 0 fully saturated rings. The predicted molar refractivity (Wildman–Crippen MR) is 74.7 cm³/mol. The Morgan fingerprint density at radius 1 is 1.26 bits per heavy atom. The number of aryl methyl sites for hydroxylation is 1. The minimum absolute atomic E-state index is 0.122. The fourth-order valence-corrected chi connectivity index (χ4v) is 2.09. The number of rotatable bonds is 5. The van der Waals surface area contributed by atoms with Gasteiger partial charge in [0, 0.05) is 24.3 Å². The fourth-order valence-electron chi connectivity index (χ4n) is 2.09. The molecule has 1 heterocycles. The zero-order valence-electron chi connectivity index (χ0n) is 11.3. The van der Waals surface area contributed by atoms with Gasteiger partial charge in [-0.2, -0.15) is 0 Å². The Morgan fingerprint density at radius 3 is 2.74 bits per heavy atom. The van der Waals surface area contributed by atoms with Gasteiger partial charge in [-0.25, -0.2) is 9.97 Å². The van der Waals surface area contributed by atoms with E-state index >= 15 is 0 Å². The minimum Gasteiger partial charge on any atom is -0.508 e. The number of hydrogen-bond donors (Lipinski definition) is 2. The Kier molecular flexibility index (Phi) is 4.47. The smallest absolute Gasteiger partial charge is 0.125 e. The number of nitrogens with zero attached hydrogens (tertiary/aromatic N) is 2. The summed E-state index contributed by atoms with van der Waals surface area (Å²) in [6, 6.07) is 9.46. The van der Waals surface area contributed by atoms with E-state index in [9.17, 15) is 5.11 Å². The molecule has 1 atom stereocenters. The first-order valence-corrected chi connectivity index (χ1v) is 6.50. The first-order chi connectivity index (χ1) is 9.20. The maximum atomic E-state index is 9.89. The number of nitrogens with one attached hydrogen (secondary N) is 1. The van der Waals surface area contributed by atoms with Crippen molar-refractivity contribution in [2.45, 2.75) is 32.9 Å². The maximum absolute atomic E-state index is 9.89. The second-order valence-corrected chi connectivity index (χ2v) is 4.50. The number of phenolic OH excluding ortho intramolecular Hbond substituents is 1. The molecule has 1 unspecified atom stereocenters. The molecule has 0 bridgehead atoms. The van der Waals surface area contributed by atoms with Crippen LogP contribution in [0.15, 0.2) is 36.5 Å². The SMILES string of the molecule is CCC(NCc1ccnc(C)n1)c1ccccc1O. The normalized spacial score (nSPS) is 12.3. The molecule has 0 spiro atoms. The molecule has 19 heavy (non-hydrogen) atoms. The molecule has 4 nitrogen and oxygen atoms in total. The molecule has 2 rings (SSSR count). The summed E-state index contributed by atoms with van der Waals surface area (Å²) in [7, 11) is 0. The third kappa shape index (κ3) is 3.51. The molecule has 2 N–H and O–H groups in total. The molecule has 1 aromatic heterocycles. The van der Waals surface area contributed by atoms with Crippen molar-refractivity contribution < 1.29 is 5.11 Å². The van der Waals surface area contributed by atoms with Gasteiger partial charge < -0.3 is 10.4 Å². The van der Waals surface area contributed by atoms with E-state index in [4.69, 9.17) is 0 Å². The van der Waals surface area contributed by atoms with Crippen LogP contribution in [-0.2, 0) is 6.54 Å². The van der Waals surface area contributed by atoms with Crippen LogP contribution in [0.2, 0.25) is 0 Å². The van der Waals surface area contributed by atoms with Crippen LogP contribution in [0.3, 0.4) is 0 Å². The molecule has 1 aromatic carbocycles. The van der Waals surface area contributed by atoms with Crippen molar-refractivity contribution in [3.63, 3.8) is 0 Å². The van der Waals surface area contributed by atoms with Crippen LogP contribution in [0.1, 0.15) is 36.5 Å². The van der Waals surface area contributed by atoms with Gasteiger partial charge >= 0.3 is 0 Å². The highest BCUT2D eigenvalue weighted by molar-refractivity contribution is 5.34. The second kappa shape index (κ2) is 6.29. The summed E-state index contributed by atoms with van der Waals surface area (Å²) in [5.41, 5.74) is 1.89. The van der Waals surface area contributed by atoms with Crippen LogP contribution in [0, 0.1) is 6.92 Å². The van der Waals surface area contributed by atoms with Crippen molar-refractivity contribution in [2.75, 3.05) is 0 Å². The highest BCUT2D eigenvalue weighted by Gasteiger charge is 2.12. The number of aromatic hydroxyl groups is 1. The number of aromatic nitrogens is 2. The van der Waals surface area contributed by atoms with Crippen molar-refractivity contribution in [1.29, 1.82) is 0 Å². The van der Waals surface area contributed by atoms with Crippen LogP contribution < -0.4 is 5.32 Å². The maximum Gasteiger partial charge on any atom is 0.125 e. The van der Waals surface area contributed by atoms with Gasteiger partial charge in [0.25, 0.3) is 0 Å². The lowest BCUT2D eigenvalue weighted by Gasteiger charge is -2.18. The lowest BCUT2D eigenvalue weighted by molar-refractivity contribution is 0.439. The molecule has 0 aliphatic heterocycles. The molecule has 4 heteroatoms. The van der Waals surface area contributed by atoms with Gasteiger partial charge in [0.05, 0.1) is 5.69 Å². The highest BCUT2D eigenvalue weighted by Crippen LogP contribution is 2.25. The Balaban J connectivity index is 2.06. The van der Waals surface area contributed by atoms with Gasteiger partial charge in [-0.1, -0.05) is 25.1 Å². The average molecular weight is 257 g/mol. The number of phenols is 1. The molecule has 0 radical (unpaired) electrons. The van der Waals surface area contributed by atoms with Gasteiger partial charge in [-0.05, 0) is 25.5 Å². The molecular weight excluding hydrogens is 238 g/mol. The second-order valence-electron chi connectivity index (χ2n) is 4.50. The van der Waals surface area contributed by atoms with E-state index in [0.717, 1.165) is 23.5 Å². The van der Waals surface area contributed by atoms with E-state index in [1.54, 1.807) is 12.3 Å². The van der Waals surface area contributed by atoms with Crippen LogP contribution in [0.25, 0.3) is 0 Å². The topological polar surface area (TPSA) is 58.0 Å². The summed E-state index contributed by atoms with van der Waals surface area (Å²) >= 11 is 0. The molecule has 0 saturated carbocycles. The standard InChI is InChI=1S/C15H19N3O/c1-3-14(13-6-4-5-7-15(13)19)17-10-12-8-9-16-11(2)18-12/h4-9,14,17,19H,3,10H2,1-2H3. The van der Waals surface area contributed by atoms with Crippen molar-refractivity contribution in [3.05, 3.63) is 53.6 Å². The first-order valence-electron chi connectivity index (χ1n) is 6.50. The summed E-state index contributed by atoms with van der Waals surface area (Å²) < 4.78 is 0. The van der Waals surface area contributed by atoms with Crippen LogP contribution in [-0.4, -0.2) is 15.1 Å². The monoisotopic (exact) mass is 257 g/mol. The molecule has 0 aliphatic rings. The highest BCUT2D eigenvalue weighted by atomic mass is 16.3. The summed E-state index contributed by atoms with van der Waals surface area (Å²) in [6.45, 7) is 4.63. The quantitative estimate of drug-likeness (QED) is 0.864. The van der Waals surface area contributed by atoms with Gasteiger partial charge in [-0.3, -0.25) is 0 Å². The fraction of sp³-hybridized carbons (Fsp3) is 0.333. The summed E-state index contributed by atoms with van der Waals surface area (Å²) in [4.78, 5) is 8.44. The zero-order chi connectivity index (χ0) is 13.7. The Morgan fingerprint density at radius 2 is 2.05 bits per heavy atom. The van der Waals surface area contributed by atoms with Crippen molar-refractivity contribution in [1.82, 2.24) is 15.3 Å². The van der Waals surface area contributed by atoms with Gasteiger partial charge in [0.1, 0.15) is 11.6 Å². The minimum atomic E-state index is 0.122. The molecule has 2 aromatic rings.